The molecule has 0 N–H and O–H groups in total. The molecule has 0 aliphatic heterocycles. The maximum atomic E-state index is 12.5. The van der Waals surface area contributed by atoms with Gasteiger partial charge in [-0.25, -0.2) is 0 Å². The van der Waals surface area contributed by atoms with Crippen molar-refractivity contribution in [2.45, 2.75) is 16.8 Å². The molecule has 0 spiro atoms. The Morgan fingerprint density at radius 2 is 1.82 bits per heavy atom. The Labute approximate surface area is 76.0 Å². The topological polar surface area (TPSA) is 0 Å². The molecule has 0 aromatic heterocycles. The van der Waals surface area contributed by atoms with E-state index in [0.717, 1.165) is 3.93 Å². The van der Waals surface area contributed by atoms with Crippen LogP contribution in [-0.2, 0) is 0 Å². The zero-order valence-corrected chi connectivity index (χ0v) is 9.03. The summed E-state index contributed by atoms with van der Waals surface area (Å²) in [6, 6.07) is 7.08. The fourth-order valence-electron chi connectivity index (χ4n) is 1.01. The van der Waals surface area contributed by atoms with Gasteiger partial charge in [0.1, 0.15) is 0 Å². The number of hydrogen-bond donors (Lipinski definition) is 0. The normalized spacial score (nSPS) is 16.8. The molecule has 1 aliphatic carbocycles. The summed E-state index contributed by atoms with van der Waals surface area (Å²) in [5.74, 6) is -0.107. The molecule has 2 radical (unpaired) electrons. The Hall–Kier alpha value is -0.0513. The molecule has 11 heavy (non-hydrogen) atoms. The summed E-state index contributed by atoms with van der Waals surface area (Å²) in [6.45, 7) is 0. The van der Waals surface area contributed by atoms with Crippen molar-refractivity contribution in [3.05, 3.63) is 30.1 Å². The second-order valence-electron chi connectivity index (χ2n) is 2.93. The molecule has 0 amide bonds. The summed E-state index contributed by atoms with van der Waals surface area (Å²) in [5, 5.41) is 0. The molecule has 0 unspecified atom stereocenters. The first-order valence-electron chi connectivity index (χ1n) is 3.87. The summed E-state index contributed by atoms with van der Waals surface area (Å²) < 4.78 is 15.0. The van der Waals surface area contributed by atoms with Crippen LogP contribution in [0.2, 0.25) is 3.93 Å². The molecule has 0 saturated heterocycles. The van der Waals surface area contributed by atoms with Crippen LogP contribution in [0, 0.1) is 5.82 Å². The summed E-state index contributed by atoms with van der Waals surface area (Å²) in [6.07, 6.45) is 2.87. The van der Waals surface area contributed by atoms with E-state index in [0.29, 0.717) is 0 Å². The molecular formula is C9H9FSn. The van der Waals surface area contributed by atoms with Gasteiger partial charge in [-0.3, -0.25) is 0 Å². The molecule has 0 bridgehead atoms. The van der Waals surface area contributed by atoms with Gasteiger partial charge in [-0.15, -0.1) is 0 Å². The zero-order valence-electron chi connectivity index (χ0n) is 6.18. The summed E-state index contributed by atoms with van der Waals surface area (Å²) in [4.78, 5) is 0. The average molecular weight is 255 g/mol. The van der Waals surface area contributed by atoms with Gasteiger partial charge in [0.2, 0.25) is 0 Å². The van der Waals surface area contributed by atoms with Crippen LogP contribution < -0.4 is 3.58 Å². The van der Waals surface area contributed by atoms with Crippen LogP contribution in [0.15, 0.2) is 24.3 Å². The molecule has 1 aliphatic rings. The monoisotopic (exact) mass is 256 g/mol. The quantitative estimate of drug-likeness (QED) is 0.706. The first-order chi connectivity index (χ1) is 5.34. The van der Waals surface area contributed by atoms with Gasteiger partial charge >= 0.3 is 76.0 Å². The van der Waals surface area contributed by atoms with E-state index in [1.807, 2.05) is 12.1 Å². The average Bonchev–Trinajstić information content (AvgIpc) is 2.78. The Morgan fingerprint density at radius 3 is 2.36 bits per heavy atom. The predicted molar refractivity (Wildman–Crippen MR) is 44.8 cm³/mol. The van der Waals surface area contributed by atoms with Gasteiger partial charge < -0.3 is 0 Å². The molecule has 2 rings (SSSR count). The third-order valence-electron chi connectivity index (χ3n) is 1.79. The van der Waals surface area contributed by atoms with Crippen molar-refractivity contribution in [1.29, 1.82) is 0 Å². The van der Waals surface area contributed by atoms with Crippen molar-refractivity contribution in [3.63, 3.8) is 0 Å². The molecule has 0 nitrogen and oxygen atoms in total. The molecule has 0 heterocycles. The SMILES string of the molecule is Fc1cc[c]([Sn][CH]2CC2)cc1. The van der Waals surface area contributed by atoms with E-state index in [1.54, 1.807) is 12.1 Å². The number of halogens is 1. The van der Waals surface area contributed by atoms with Gasteiger partial charge in [-0.05, 0) is 0 Å². The summed E-state index contributed by atoms with van der Waals surface area (Å²) in [5.41, 5.74) is 0. The van der Waals surface area contributed by atoms with Gasteiger partial charge in [-0.2, -0.15) is 0 Å². The molecule has 0 atom stereocenters. The van der Waals surface area contributed by atoms with E-state index in [4.69, 9.17) is 0 Å². The van der Waals surface area contributed by atoms with Crippen molar-refractivity contribution in [1.82, 2.24) is 0 Å². The number of rotatable bonds is 2. The zero-order chi connectivity index (χ0) is 7.68. The Morgan fingerprint density at radius 1 is 1.18 bits per heavy atom. The van der Waals surface area contributed by atoms with Crippen LogP contribution in [0.3, 0.4) is 0 Å². The molecular weight excluding hydrogens is 246 g/mol. The van der Waals surface area contributed by atoms with Crippen LogP contribution in [0.25, 0.3) is 0 Å². The predicted octanol–water partition coefficient (Wildman–Crippen LogP) is 1.74. The van der Waals surface area contributed by atoms with E-state index in [9.17, 15) is 4.39 Å². The van der Waals surface area contributed by atoms with E-state index in [2.05, 4.69) is 0 Å². The number of benzene rings is 1. The Balaban J connectivity index is 2.06. The standard InChI is InChI=1S/C6H4F.C3H5.Sn/c7-6-4-2-1-3-5-6;1-2-3-1;/h2-5H;1H,2-3H2;. The second kappa shape index (κ2) is 3.13. The summed E-state index contributed by atoms with van der Waals surface area (Å²) >= 11 is -0.314. The fourth-order valence-corrected chi connectivity index (χ4v) is 4.68. The molecule has 2 heteroatoms. The Kier molecular flexibility index (Phi) is 2.16. The fraction of sp³-hybridized carbons (Fsp3) is 0.333. The van der Waals surface area contributed by atoms with E-state index >= 15 is 0 Å². The van der Waals surface area contributed by atoms with Gasteiger partial charge in [0.25, 0.3) is 0 Å². The van der Waals surface area contributed by atoms with Crippen molar-refractivity contribution < 1.29 is 4.39 Å². The minimum absolute atomic E-state index is 0.107. The van der Waals surface area contributed by atoms with Crippen LogP contribution in [0.1, 0.15) is 12.8 Å². The Bertz CT molecular complexity index is 238. The van der Waals surface area contributed by atoms with Gasteiger partial charge in [-0.1, -0.05) is 0 Å². The maximum absolute atomic E-state index is 12.5. The summed E-state index contributed by atoms with van der Waals surface area (Å²) in [7, 11) is 0. The first-order valence-corrected chi connectivity index (χ1v) is 6.94. The molecule has 1 saturated carbocycles. The van der Waals surface area contributed by atoms with E-state index in [1.165, 1.54) is 16.4 Å². The molecule has 1 aromatic carbocycles. The first kappa shape index (κ1) is 7.59. The van der Waals surface area contributed by atoms with Crippen LogP contribution in [0.5, 0.6) is 0 Å². The van der Waals surface area contributed by atoms with Crippen molar-refractivity contribution >= 4 is 24.7 Å². The van der Waals surface area contributed by atoms with Crippen LogP contribution >= 0.6 is 0 Å². The molecule has 1 aromatic rings. The van der Waals surface area contributed by atoms with Gasteiger partial charge in [0.15, 0.2) is 0 Å². The van der Waals surface area contributed by atoms with Crippen molar-refractivity contribution in [3.8, 4) is 0 Å². The van der Waals surface area contributed by atoms with Crippen molar-refractivity contribution in [2.75, 3.05) is 0 Å². The van der Waals surface area contributed by atoms with E-state index < -0.39 is 0 Å². The minimum atomic E-state index is -0.314. The third-order valence-corrected chi connectivity index (χ3v) is 6.51. The number of hydrogen-bond acceptors (Lipinski definition) is 0. The van der Waals surface area contributed by atoms with Gasteiger partial charge in [0, 0.05) is 0 Å². The third kappa shape index (κ3) is 2.19. The molecule has 56 valence electrons. The van der Waals surface area contributed by atoms with Crippen molar-refractivity contribution in [2.24, 2.45) is 0 Å². The van der Waals surface area contributed by atoms with Gasteiger partial charge in [0.05, 0.1) is 0 Å². The van der Waals surface area contributed by atoms with E-state index in [-0.39, 0.29) is 27.0 Å². The van der Waals surface area contributed by atoms with Crippen LogP contribution in [-0.4, -0.2) is 21.1 Å². The second-order valence-corrected chi connectivity index (χ2v) is 7.73. The van der Waals surface area contributed by atoms with Crippen LogP contribution in [0.4, 0.5) is 4.39 Å². The molecule has 1 fully saturated rings.